The molecule has 0 amide bonds. The van der Waals surface area contributed by atoms with Crippen molar-refractivity contribution in [1.29, 1.82) is 0 Å². The summed E-state index contributed by atoms with van der Waals surface area (Å²) in [6.07, 6.45) is -2.93. The average Bonchev–Trinajstić information content (AvgIpc) is 2.49. The molecular formula is C13H20F3IN4O2. The highest BCUT2D eigenvalue weighted by atomic mass is 127. The Balaban J connectivity index is 0.00000484. The van der Waals surface area contributed by atoms with Gasteiger partial charge in [-0.15, -0.1) is 24.0 Å². The van der Waals surface area contributed by atoms with Gasteiger partial charge in [0.1, 0.15) is 0 Å². The first kappa shape index (κ1) is 21.7. The molecule has 0 aromatic carbocycles. The van der Waals surface area contributed by atoms with Gasteiger partial charge in [-0.25, -0.2) is 4.98 Å². The van der Waals surface area contributed by atoms with Crippen LogP contribution in [0.4, 0.5) is 13.2 Å². The molecule has 1 aromatic rings. The lowest BCUT2D eigenvalue weighted by molar-refractivity contribution is -0.154. The lowest BCUT2D eigenvalue weighted by Gasteiger charge is -2.12. The molecule has 6 nitrogen and oxygen atoms in total. The summed E-state index contributed by atoms with van der Waals surface area (Å²) < 4.78 is 45.5. The largest absolute Gasteiger partial charge is 0.468 e. The number of pyridine rings is 1. The van der Waals surface area contributed by atoms with Gasteiger partial charge in [0.05, 0.1) is 6.61 Å². The molecule has 0 spiro atoms. The molecule has 0 aliphatic heterocycles. The van der Waals surface area contributed by atoms with Crippen molar-refractivity contribution in [2.24, 2.45) is 4.99 Å². The number of nitrogens with zero attached hydrogens (tertiary/aromatic N) is 2. The Morgan fingerprint density at radius 3 is 2.57 bits per heavy atom. The van der Waals surface area contributed by atoms with Crippen LogP contribution in [0.15, 0.2) is 23.3 Å². The van der Waals surface area contributed by atoms with E-state index < -0.39 is 12.8 Å². The summed E-state index contributed by atoms with van der Waals surface area (Å²) >= 11 is 0. The van der Waals surface area contributed by atoms with E-state index >= 15 is 0 Å². The highest BCUT2D eigenvalue weighted by Crippen LogP contribution is 2.16. The third-order valence-electron chi connectivity index (χ3n) is 2.46. The van der Waals surface area contributed by atoms with Crippen LogP contribution in [0.5, 0.6) is 5.88 Å². The number of aliphatic imine (C=N–C) groups is 1. The van der Waals surface area contributed by atoms with Crippen LogP contribution in [0, 0.1) is 0 Å². The molecule has 0 radical (unpaired) electrons. The van der Waals surface area contributed by atoms with Gasteiger partial charge in [0.2, 0.25) is 5.88 Å². The van der Waals surface area contributed by atoms with Gasteiger partial charge in [0.15, 0.2) is 12.6 Å². The van der Waals surface area contributed by atoms with Gasteiger partial charge in [-0.1, -0.05) is 6.07 Å². The number of hydrogen-bond acceptors (Lipinski definition) is 4. The first-order chi connectivity index (χ1) is 10.4. The summed E-state index contributed by atoms with van der Waals surface area (Å²) in [5.74, 6) is 0.526. The zero-order chi connectivity index (χ0) is 16.4. The van der Waals surface area contributed by atoms with Crippen molar-refractivity contribution in [3.63, 3.8) is 0 Å². The van der Waals surface area contributed by atoms with Gasteiger partial charge in [-0.3, -0.25) is 4.99 Å². The van der Waals surface area contributed by atoms with Gasteiger partial charge in [-0.05, 0) is 5.56 Å². The molecule has 132 valence electrons. The van der Waals surface area contributed by atoms with Crippen molar-refractivity contribution in [1.82, 2.24) is 15.6 Å². The first-order valence-electron chi connectivity index (χ1n) is 6.52. The van der Waals surface area contributed by atoms with Gasteiger partial charge in [0, 0.05) is 39.5 Å². The molecule has 1 rings (SSSR count). The van der Waals surface area contributed by atoms with E-state index in [1.807, 2.05) is 0 Å². The van der Waals surface area contributed by atoms with Crippen LogP contribution in [-0.4, -0.2) is 51.0 Å². The second-order valence-electron chi connectivity index (χ2n) is 4.25. The van der Waals surface area contributed by atoms with Crippen LogP contribution in [0.3, 0.4) is 0 Å². The maximum absolute atomic E-state index is 12.0. The predicted octanol–water partition coefficient (Wildman–Crippen LogP) is 1.95. The van der Waals surface area contributed by atoms with Crippen molar-refractivity contribution in [3.05, 3.63) is 23.9 Å². The molecule has 23 heavy (non-hydrogen) atoms. The number of methoxy groups -OCH3 is 1. The summed E-state index contributed by atoms with van der Waals surface area (Å²) in [4.78, 5) is 7.84. The number of halogens is 4. The van der Waals surface area contributed by atoms with Crippen molar-refractivity contribution >= 4 is 29.9 Å². The minimum Gasteiger partial charge on any atom is -0.468 e. The third-order valence-corrected chi connectivity index (χ3v) is 2.46. The minimum atomic E-state index is -4.37. The third kappa shape index (κ3) is 10.2. The lowest BCUT2D eigenvalue weighted by atomic mass is 10.3. The number of alkyl halides is 3. The molecule has 0 saturated carbocycles. The van der Waals surface area contributed by atoms with Crippen LogP contribution in [0.2, 0.25) is 0 Å². The fourth-order valence-electron chi connectivity index (χ4n) is 1.43. The Morgan fingerprint density at radius 1 is 1.30 bits per heavy atom. The standard InChI is InChI=1S/C13H19F3N4O2.HI/c1-17-12(18-5-6-21-2)20-8-10-3-4-11(19-7-10)22-9-13(14,15)16;/h3-4,7H,5-6,8-9H2,1-2H3,(H2,17,18,20);1H. The zero-order valence-corrected chi connectivity index (χ0v) is 15.1. The molecule has 0 unspecified atom stereocenters. The van der Waals surface area contributed by atoms with Gasteiger partial charge >= 0.3 is 6.18 Å². The molecule has 1 aromatic heterocycles. The smallest absolute Gasteiger partial charge is 0.422 e. The summed E-state index contributed by atoms with van der Waals surface area (Å²) in [6, 6.07) is 3.03. The summed E-state index contributed by atoms with van der Waals surface area (Å²) in [7, 11) is 3.24. The quantitative estimate of drug-likeness (QED) is 0.289. The van der Waals surface area contributed by atoms with E-state index in [4.69, 9.17) is 4.74 Å². The highest BCUT2D eigenvalue weighted by Gasteiger charge is 2.28. The van der Waals surface area contributed by atoms with E-state index in [0.29, 0.717) is 25.7 Å². The first-order valence-corrected chi connectivity index (χ1v) is 6.52. The average molecular weight is 448 g/mol. The zero-order valence-electron chi connectivity index (χ0n) is 12.8. The SMILES string of the molecule is CN=C(NCCOC)NCc1ccc(OCC(F)(F)F)nc1.I. The Labute approximate surface area is 149 Å². The number of aromatic nitrogens is 1. The van der Waals surface area contributed by atoms with Gasteiger partial charge in [-0.2, -0.15) is 13.2 Å². The minimum absolute atomic E-state index is 0. The number of hydrogen-bond donors (Lipinski definition) is 2. The molecule has 1 heterocycles. The van der Waals surface area contributed by atoms with Gasteiger partial charge < -0.3 is 20.1 Å². The molecule has 0 aliphatic carbocycles. The number of rotatable bonds is 7. The molecule has 0 bridgehead atoms. The Kier molecular flexibility index (Phi) is 10.6. The van der Waals surface area contributed by atoms with E-state index in [0.717, 1.165) is 5.56 Å². The number of nitrogens with one attached hydrogen (secondary N) is 2. The van der Waals surface area contributed by atoms with Crippen molar-refractivity contribution in [2.75, 3.05) is 33.9 Å². The van der Waals surface area contributed by atoms with Crippen LogP contribution in [0.1, 0.15) is 5.56 Å². The van der Waals surface area contributed by atoms with Crippen LogP contribution in [0.25, 0.3) is 0 Å². The molecular weight excluding hydrogens is 428 g/mol. The Bertz CT molecular complexity index is 469. The van der Waals surface area contributed by atoms with Crippen LogP contribution >= 0.6 is 24.0 Å². The van der Waals surface area contributed by atoms with E-state index in [1.54, 1.807) is 20.2 Å². The van der Waals surface area contributed by atoms with Crippen LogP contribution in [-0.2, 0) is 11.3 Å². The number of guanidine groups is 1. The summed E-state index contributed by atoms with van der Waals surface area (Å²) in [6.45, 7) is 0.235. The Morgan fingerprint density at radius 2 is 2.04 bits per heavy atom. The van der Waals surface area contributed by atoms with Crippen molar-refractivity contribution in [2.45, 2.75) is 12.7 Å². The molecule has 0 atom stereocenters. The Hall–Kier alpha value is -1.30. The summed E-state index contributed by atoms with van der Waals surface area (Å²) in [5, 5.41) is 6.08. The van der Waals surface area contributed by atoms with Gasteiger partial charge in [0.25, 0.3) is 0 Å². The molecule has 0 aliphatic rings. The monoisotopic (exact) mass is 448 g/mol. The van der Waals surface area contributed by atoms with E-state index in [2.05, 4.69) is 25.3 Å². The van der Waals surface area contributed by atoms with E-state index in [9.17, 15) is 13.2 Å². The predicted molar refractivity (Wildman–Crippen MR) is 91.3 cm³/mol. The maximum Gasteiger partial charge on any atom is 0.422 e. The fraction of sp³-hybridized carbons (Fsp3) is 0.538. The highest BCUT2D eigenvalue weighted by molar-refractivity contribution is 14.0. The fourth-order valence-corrected chi connectivity index (χ4v) is 1.43. The summed E-state index contributed by atoms with van der Waals surface area (Å²) in [5.41, 5.74) is 0.786. The van der Waals surface area contributed by atoms with E-state index in [-0.39, 0.29) is 29.9 Å². The van der Waals surface area contributed by atoms with Crippen molar-refractivity contribution in [3.8, 4) is 5.88 Å². The normalized spacial score (nSPS) is 11.6. The van der Waals surface area contributed by atoms with Crippen LogP contribution < -0.4 is 15.4 Å². The topological polar surface area (TPSA) is 67.8 Å². The molecule has 10 heteroatoms. The molecule has 0 saturated heterocycles. The second-order valence-corrected chi connectivity index (χ2v) is 4.25. The second kappa shape index (κ2) is 11.3. The molecule has 2 N–H and O–H groups in total. The lowest BCUT2D eigenvalue weighted by Crippen LogP contribution is -2.38. The van der Waals surface area contributed by atoms with Crippen molar-refractivity contribution < 1.29 is 22.6 Å². The number of ether oxygens (including phenoxy) is 2. The van der Waals surface area contributed by atoms with E-state index in [1.165, 1.54) is 12.3 Å². The maximum atomic E-state index is 12.0. The molecule has 0 fully saturated rings.